The van der Waals surface area contributed by atoms with E-state index in [4.69, 9.17) is 5.73 Å². The van der Waals surface area contributed by atoms with Crippen molar-refractivity contribution in [3.63, 3.8) is 0 Å². The summed E-state index contributed by atoms with van der Waals surface area (Å²) in [7, 11) is 0. The van der Waals surface area contributed by atoms with Crippen LogP contribution in [0.25, 0.3) is 11.0 Å². The van der Waals surface area contributed by atoms with Gasteiger partial charge in [0, 0.05) is 19.3 Å². The van der Waals surface area contributed by atoms with Crippen LogP contribution >= 0.6 is 0 Å². The zero-order valence-corrected chi connectivity index (χ0v) is 7.93. The van der Waals surface area contributed by atoms with Crippen LogP contribution in [0.5, 0.6) is 0 Å². The van der Waals surface area contributed by atoms with E-state index in [0.29, 0.717) is 0 Å². The Kier molecular flexibility index (Phi) is 2.74. The summed E-state index contributed by atoms with van der Waals surface area (Å²) in [5.41, 5.74) is 10.7. The lowest BCUT2D eigenvalue weighted by Gasteiger charge is -2.01. The average Bonchev–Trinajstić information content (AvgIpc) is 2.63. The van der Waals surface area contributed by atoms with Crippen molar-refractivity contribution in [1.82, 2.24) is 20.3 Å². The lowest BCUT2D eigenvalue weighted by molar-refractivity contribution is 0.623. The maximum Gasteiger partial charge on any atom is 0.107 e. The predicted molar refractivity (Wildman–Crippen MR) is 53.8 cm³/mol. The number of aryl methyl sites for hydroxylation is 1. The van der Waals surface area contributed by atoms with Gasteiger partial charge in [0.25, 0.3) is 0 Å². The normalized spacial score (nSPS) is 10.9. The van der Waals surface area contributed by atoms with Crippen molar-refractivity contribution in [3.05, 3.63) is 24.8 Å². The Balaban J connectivity index is 2.17. The van der Waals surface area contributed by atoms with Crippen molar-refractivity contribution < 1.29 is 0 Å². The number of unbranched alkanes of at least 4 members (excludes halogenated alkanes) is 1. The van der Waals surface area contributed by atoms with Gasteiger partial charge in [-0.1, -0.05) is 0 Å². The first kappa shape index (κ1) is 9.15. The summed E-state index contributed by atoms with van der Waals surface area (Å²) in [6, 6.07) is 1.96. The van der Waals surface area contributed by atoms with Crippen molar-refractivity contribution >= 4 is 11.0 Å². The zero-order chi connectivity index (χ0) is 9.80. The summed E-state index contributed by atoms with van der Waals surface area (Å²) in [5, 5.41) is 0. The van der Waals surface area contributed by atoms with E-state index < -0.39 is 0 Å². The molecule has 0 fully saturated rings. The van der Waals surface area contributed by atoms with E-state index in [-0.39, 0.29) is 6.54 Å². The van der Waals surface area contributed by atoms with Crippen LogP contribution < -0.4 is 5.73 Å². The molecule has 2 aromatic heterocycles. The number of imidazole rings is 1. The number of hydrogen-bond donors (Lipinski definition) is 0. The smallest absolute Gasteiger partial charge is 0.107 e. The van der Waals surface area contributed by atoms with Gasteiger partial charge in [-0.2, -0.15) is 0 Å². The SMILES string of the molecule is [N]CCCCn1cnc2cnccc21. The molecule has 0 spiro atoms. The molecule has 0 aliphatic rings. The Morgan fingerprint density at radius 3 is 3.14 bits per heavy atom. The van der Waals surface area contributed by atoms with Gasteiger partial charge in [-0.15, -0.1) is 5.73 Å². The minimum atomic E-state index is 0.258. The standard InChI is InChI=1S/C10H12N4/c11-4-1-2-6-14-8-13-9-7-12-5-3-10(9)14/h3,5,7-8H,1-2,4,6H2. The van der Waals surface area contributed by atoms with E-state index in [0.717, 1.165) is 30.4 Å². The minimum absolute atomic E-state index is 0.258. The molecule has 2 heterocycles. The fraction of sp³-hybridized carbons (Fsp3) is 0.400. The van der Waals surface area contributed by atoms with Gasteiger partial charge in [0.05, 0.1) is 18.0 Å². The predicted octanol–water partition coefficient (Wildman–Crippen LogP) is 1.28. The number of hydrogen-bond acceptors (Lipinski definition) is 2. The number of nitrogens with zero attached hydrogens (tertiary/aromatic N) is 4. The van der Waals surface area contributed by atoms with Crippen LogP contribution in [0.4, 0.5) is 0 Å². The van der Waals surface area contributed by atoms with Crippen molar-refractivity contribution in [2.75, 3.05) is 6.54 Å². The molecule has 0 aromatic carbocycles. The largest absolute Gasteiger partial charge is 0.331 e. The number of fused-ring (bicyclic) bond motifs is 1. The van der Waals surface area contributed by atoms with Crippen LogP contribution in [0.15, 0.2) is 24.8 Å². The van der Waals surface area contributed by atoms with Crippen molar-refractivity contribution in [2.24, 2.45) is 0 Å². The summed E-state index contributed by atoms with van der Waals surface area (Å²) in [4.78, 5) is 8.24. The summed E-state index contributed by atoms with van der Waals surface area (Å²) >= 11 is 0. The first-order valence-electron chi connectivity index (χ1n) is 4.77. The summed E-state index contributed by atoms with van der Waals surface area (Å²) in [6.07, 6.45) is 7.17. The molecule has 2 aromatic rings. The summed E-state index contributed by atoms with van der Waals surface area (Å²) < 4.78 is 2.09. The van der Waals surface area contributed by atoms with E-state index in [9.17, 15) is 0 Å². The van der Waals surface area contributed by atoms with E-state index in [1.54, 1.807) is 12.4 Å². The molecular weight excluding hydrogens is 176 g/mol. The maximum absolute atomic E-state index is 8.67. The van der Waals surface area contributed by atoms with Gasteiger partial charge in [0.2, 0.25) is 0 Å². The van der Waals surface area contributed by atoms with Crippen molar-refractivity contribution in [3.8, 4) is 0 Å². The quantitative estimate of drug-likeness (QED) is 0.679. The van der Waals surface area contributed by atoms with Gasteiger partial charge in [-0.3, -0.25) is 4.98 Å². The Morgan fingerprint density at radius 2 is 2.29 bits per heavy atom. The second-order valence-corrected chi connectivity index (χ2v) is 3.23. The Morgan fingerprint density at radius 1 is 1.36 bits per heavy atom. The fourth-order valence-corrected chi connectivity index (χ4v) is 1.49. The molecule has 0 saturated heterocycles. The molecule has 0 unspecified atom stereocenters. The van der Waals surface area contributed by atoms with Crippen molar-refractivity contribution in [2.45, 2.75) is 19.4 Å². The highest BCUT2D eigenvalue weighted by Gasteiger charge is 2.00. The molecule has 0 amide bonds. The molecule has 4 heteroatoms. The lowest BCUT2D eigenvalue weighted by Crippen LogP contribution is -1.97. The molecule has 0 atom stereocenters. The zero-order valence-electron chi connectivity index (χ0n) is 7.93. The second kappa shape index (κ2) is 4.19. The minimum Gasteiger partial charge on any atom is -0.331 e. The number of pyridine rings is 1. The molecule has 14 heavy (non-hydrogen) atoms. The molecule has 0 saturated carbocycles. The number of rotatable bonds is 4. The van der Waals surface area contributed by atoms with E-state index in [1.165, 1.54) is 0 Å². The maximum atomic E-state index is 8.67. The van der Waals surface area contributed by atoms with E-state index >= 15 is 0 Å². The van der Waals surface area contributed by atoms with Gasteiger partial charge < -0.3 is 4.57 Å². The average molecular weight is 188 g/mol. The third kappa shape index (κ3) is 1.75. The van der Waals surface area contributed by atoms with Crippen LogP contribution in [0, 0.1) is 0 Å². The summed E-state index contributed by atoms with van der Waals surface area (Å²) in [5.74, 6) is 0. The Labute approximate surface area is 82.8 Å². The van der Waals surface area contributed by atoms with E-state index in [2.05, 4.69) is 14.5 Å². The molecule has 72 valence electrons. The molecule has 4 nitrogen and oxygen atoms in total. The van der Waals surface area contributed by atoms with Crippen LogP contribution in [0.1, 0.15) is 12.8 Å². The second-order valence-electron chi connectivity index (χ2n) is 3.23. The molecule has 2 rings (SSSR count). The molecular formula is C10H12N4. The molecule has 0 N–H and O–H groups in total. The van der Waals surface area contributed by atoms with Crippen LogP contribution in [0.3, 0.4) is 0 Å². The highest BCUT2D eigenvalue weighted by molar-refractivity contribution is 5.73. The van der Waals surface area contributed by atoms with Gasteiger partial charge in [-0.25, -0.2) is 4.98 Å². The molecule has 2 radical (unpaired) electrons. The topological polar surface area (TPSA) is 53.0 Å². The van der Waals surface area contributed by atoms with Crippen LogP contribution in [0.2, 0.25) is 0 Å². The van der Waals surface area contributed by atoms with Crippen LogP contribution in [-0.2, 0) is 6.54 Å². The van der Waals surface area contributed by atoms with E-state index in [1.807, 2.05) is 12.4 Å². The molecule has 0 aliphatic carbocycles. The Hall–Kier alpha value is -1.42. The van der Waals surface area contributed by atoms with Gasteiger partial charge in [0.1, 0.15) is 5.52 Å². The number of aromatic nitrogens is 3. The third-order valence-corrected chi connectivity index (χ3v) is 2.23. The Bertz CT molecular complexity index is 407. The van der Waals surface area contributed by atoms with Gasteiger partial charge in [0.15, 0.2) is 0 Å². The fourth-order valence-electron chi connectivity index (χ4n) is 1.49. The highest BCUT2D eigenvalue weighted by atomic mass is 15.0. The first-order valence-corrected chi connectivity index (χ1v) is 4.77. The molecule has 0 bridgehead atoms. The van der Waals surface area contributed by atoms with Crippen molar-refractivity contribution in [1.29, 1.82) is 0 Å². The molecule has 0 aliphatic heterocycles. The monoisotopic (exact) mass is 188 g/mol. The lowest BCUT2D eigenvalue weighted by atomic mass is 10.3. The van der Waals surface area contributed by atoms with Crippen LogP contribution in [-0.4, -0.2) is 21.1 Å². The van der Waals surface area contributed by atoms with Gasteiger partial charge in [-0.05, 0) is 18.9 Å². The first-order chi connectivity index (χ1) is 6.92. The highest BCUT2D eigenvalue weighted by Crippen LogP contribution is 2.10. The van der Waals surface area contributed by atoms with Gasteiger partial charge >= 0.3 is 0 Å². The third-order valence-electron chi connectivity index (χ3n) is 2.23. The summed E-state index contributed by atoms with van der Waals surface area (Å²) in [6.45, 7) is 1.16.